The zero-order chi connectivity index (χ0) is 14.2. The van der Waals surface area contributed by atoms with E-state index in [2.05, 4.69) is 41.5 Å². The van der Waals surface area contributed by atoms with Crippen LogP contribution >= 0.6 is 11.6 Å². The summed E-state index contributed by atoms with van der Waals surface area (Å²) in [5.74, 6) is 0. The van der Waals surface area contributed by atoms with E-state index < -0.39 is 0 Å². The summed E-state index contributed by atoms with van der Waals surface area (Å²) in [7, 11) is 0. The fourth-order valence-electron chi connectivity index (χ4n) is 2.40. The molecule has 1 unspecified atom stereocenters. The molecule has 3 heteroatoms. The molecule has 0 radical (unpaired) electrons. The maximum Gasteiger partial charge on any atom is 0.0408 e. The SMILES string of the molecule is CCNC(CCc1ccncc1)Cc1cccc(Cl)c1. The first-order valence-electron chi connectivity index (χ1n) is 7.14. The van der Waals surface area contributed by atoms with E-state index in [1.165, 1.54) is 11.1 Å². The topological polar surface area (TPSA) is 24.9 Å². The van der Waals surface area contributed by atoms with E-state index in [4.69, 9.17) is 11.6 Å². The third kappa shape index (κ3) is 4.95. The second kappa shape index (κ2) is 8.03. The van der Waals surface area contributed by atoms with Crippen LogP contribution in [0.25, 0.3) is 0 Å². The molecule has 1 heterocycles. The van der Waals surface area contributed by atoms with Crippen molar-refractivity contribution in [3.63, 3.8) is 0 Å². The van der Waals surface area contributed by atoms with Crippen LogP contribution in [0.15, 0.2) is 48.8 Å². The van der Waals surface area contributed by atoms with Crippen LogP contribution in [0.2, 0.25) is 5.02 Å². The number of nitrogens with one attached hydrogen (secondary N) is 1. The lowest BCUT2D eigenvalue weighted by Crippen LogP contribution is -2.31. The van der Waals surface area contributed by atoms with E-state index in [-0.39, 0.29) is 0 Å². The predicted molar refractivity (Wildman–Crippen MR) is 85.2 cm³/mol. The van der Waals surface area contributed by atoms with Crippen LogP contribution in [-0.4, -0.2) is 17.6 Å². The Labute approximate surface area is 126 Å². The van der Waals surface area contributed by atoms with Crippen LogP contribution < -0.4 is 5.32 Å². The van der Waals surface area contributed by atoms with Gasteiger partial charge in [-0.25, -0.2) is 0 Å². The van der Waals surface area contributed by atoms with Gasteiger partial charge in [0.2, 0.25) is 0 Å². The van der Waals surface area contributed by atoms with Crippen molar-refractivity contribution in [2.24, 2.45) is 0 Å². The number of aromatic nitrogens is 1. The molecule has 1 aromatic heterocycles. The first-order valence-corrected chi connectivity index (χ1v) is 7.52. The number of pyridine rings is 1. The van der Waals surface area contributed by atoms with Gasteiger partial charge in [-0.3, -0.25) is 4.98 Å². The molecule has 106 valence electrons. The highest BCUT2D eigenvalue weighted by atomic mass is 35.5. The first-order chi connectivity index (χ1) is 9.78. The molecule has 0 amide bonds. The number of rotatable bonds is 7. The van der Waals surface area contributed by atoms with Gasteiger partial charge in [-0.15, -0.1) is 0 Å². The Kier molecular flexibility index (Phi) is 6.03. The fraction of sp³-hybridized carbons (Fsp3) is 0.353. The van der Waals surface area contributed by atoms with E-state index in [1.54, 1.807) is 0 Å². The molecule has 2 nitrogen and oxygen atoms in total. The molecule has 0 aliphatic heterocycles. The van der Waals surface area contributed by atoms with E-state index in [0.29, 0.717) is 6.04 Å². The van der Waals surface area contributed by atoms with Crippen molar-refractivity contribution in [1.29, 1.82) is 0 Å². The second-order valence-corrected chi connectivity index (χ2v) is 5.42. The second-order valence-electron chi connectivity index (χ2n) is 4.98. The Morgan fingerprint density at radius 2 is 1.95 bits per heavy atom. The Bertz CT molecular complexity index is 513. The lowest BCUT2D eigenvalue weighted by molar-refractivity contribution is 0.491. The number of hydrogen-bond donors (Lipinski definition) is 1. The Hall–Kier alpha value is -1.38. The highest BCUT2D eigenvalue weighted by Crippen LogP contribution is 2.14. The standard InChI is InChI=1S/C17H21ClN2/c1-2-20-17(7-6-14-8-10-19-11-9-14)13-15-4-3-5-16(18)12-15/h3-5,8-12,17,20H,2,6-7,13H2,1H3. The number of benzene rings is 1. The summed E-state index contributed by atoms with van der Waals surface area (Å²) in [5, 5.41) is 4.37. The highest BCUT2D eigenvalue weighted by molar-refractivity contribution is 6.30. The number of likely N-dealkylation sites (N-methyl/N-ethyl adjacent to an activating group) is 1. The molecule has 1 atom stereocenters. The average molecular weight is 289 g/mol. The van der Waals surface area contributed by atoms with Crippen molar-refractivity contribution in [1.82, 2.24) is 10.3 Å². The monoisotopic (exact) mass is 288 g/mol. The largest absolute Gasteiger partial charge is 0.314 e. The van der Waals surface area contributed by atoms with Gasteiger partial charge in [0.25, 0.3) is 0 Å². The zero-order valence-corrected chi connectivity index (χ0v) is 12.6. The smallest absolute Gasteiger partial charge is 0.0408 e. The summed E-state index contributed by atoms with van der Waals surface area (Å²) in [6, 6.07) is 12.8. The van der Waals surface area contributed by atoms with Gasteiger partial charge >= 0.3 is 0 Å². The third-order valence-corrected chi connectivity index (χ3v) is 3.63. The van der Waals surface area contributed by atoms with Crippen molar-refractivity contribution in [3.8, 4) is 0 Å². The van der Waals surface area contributed by atoms with Gasteiger partial charge in [0, 0.05) is 23.5 Å². The van der Waals surface area contributed by atoms with Crippen molar-refractivity contribution in [3.05, 3.63) is 64.9 Å². The van der Waals surface area contributed by atoms with Crippen molar-refractivity contribution < 1.29 is 0 Å². The molecule has 0 fully saturated rings. The van der Waals surface area contributed by atoms with Gasteiger partial charge < -0.3 is 5.32 Å². The summed E-state index contributed by atoms with van der Waals surface area (Å²) in [6.07, 6.45) is 6.91. The predicted octanol–water partition coefficient (Wildman–Crippen LogP) is 3.89. The van der Waals surface area contributed by atoms with Gasteiger partial charge in [0.1, 0.15) is 0 Å². The molecule has 2 rings (SSSR count). The number of aryl methyl sites for hydroxylation is 1. The maximum atomic E-state index is 6.05. The van der Waals surface area contributed by atoms with Crippen LogP contribution in [0.1, 0.15) is 24.5 Å². The quantitative estimate of drug-likeness (QED) is 0.836. The van der Waals surface area contributed by atoms with Crippen LogP contribution in [0.4, 0.5) is 0 Å². The molecule has 1 N–H and O–H groups in total. The molecule has 0 bridgehead atoms. The fourth-order valence-corrected chi connectivity index (χ4v) is 2.62. The van der Waals surface area contributed by atoms with E-state index >= 15 is 0 Å². The molecular weight excluding hydrogens is 268 g/mol. The Morgan fingerprint density at radius 3 is 2.65 bits per heavy atom. The van der Waals surface area contributed by atoms with Crippen LogP contribution in [0.3, 0.4) is 0 Å². The summed E-state index contributed by atoms with van der Waals surface area (Å²) >= 11 is 6.05. The molecule has 0 aliphatic rings. The lowest BCUT2D eigenvalue weighted by Gasteiger charge is -2.18. The summed E-state index contributed by atoms with van der Waals surface area (Å²) in [5.41, 5.74) is 2.63. The first kappa shape index (κ1) is 15.0. The van der Waals surface area contributed by atoms with E-state index in [0.717, 1.165) is 30.8 Å². The number of hydrogen-bond acceptors (Lipinski definition) is 2. The molecule has 0 aliphatic carbocycles. The normalized spacial score (nSPS) is 12.3. The zero-order valence-electron chi connectivity index (χ0n) is 11.8. The van der Waals surface area contributed by atoms with Crippen LogP contribution in [0, 0.1) is 0 Å². The lowest BCUT2D eigenvalue weighted by atomic mass is 9.99. The molecular formula is C17H21ClN2. The summed E-state index contributed by atoms with van der Waals surface area (Å²) in [6.45, 7) is 3.14. The van der Waals surface area contributed by atoms with Gasteiger partial charge in [0.05, 0.1) is 0 Å². The van der Waals surface area contributed by atoms with E-state index in [9.17, 15) is 0 Å². The average Bonchev–Trinajstić information content (AvgIpc) is 2.46. The number of halogens is 1. The van der Waals surface area contributed by atoms with Crippen molar-refractivity contribution in [2.75, 3.05) is 6.54 Å². The van der Waals surface area contributed by atoms with E-state index in [1.807, 2.05) is 24.5 Å². The Balaban J connectivity index is 1.93. The minimum Gasteiger partial charge on any atom is -0.314 e. The van der Waals surface area contributed by atoms with Gasteiger partial charge in [-0.05, 0) is 61.2 Å². The third-order valence-electron chi connectivity index (χ3n) is 3.39. The maximum absolute atomic E-state index is 6.05. The Morgan fingerprint density at radius 1 is 1.15 bits per heavy atom. The van der Waals surface area contributed by atoms with Gasteiger partial charge in [-0.1, -0.05) is 30.7 Å². The molecule has 20 heavy (non-hydrogen) atoms. The molecule has 0 saturated heterocycles. The van der Waals surface area contributed by atoms with Gasteiger partial charge in [0.15, 0.2) is 0 Å². The molecule has 2 aromatic rings. The van der Waals surface area contributed by atoms with Crippen molar-refractivity contribution >= 4 is 11.6 Å². The minimum absolute atomic E-state index is 0.478. The van der Waals surface area contributed by atoms with Crippen LogP contribution in [0.5, 0.6) is 0 Å². The number of nitrogens with zero attached hydrogens (tertiary/aromatic N) is 1. The molecule has 0 spiro atoms. The van der Waals surface area contributed by atoms with Crippen LogP contribution in [-0.2, 0) is 12.8 Å². The molecule has 1 aromatic carbocycles. The van der Waals surface area contributed by atoms with Crippen molar-refractivity contribution in [2.45, 2.75) is 32.2 Å². The van der Waals surface area contributed by atoms with Gasteiger partial charge in [-0.2, -0.15) is 0 Å². The highest BCUT2D eigenvalue weighted by Gasteiger charge is 2.09. The minimum atomic E-state index is 0.478. The molecule has 0 saturated carbocycles. The summed E-state index contributed by atoms with van der Waals surface area (Å²) < 4.78 is 0. The summed E-state index contributed by atoms with van der Waals surface area (Å²) in [4.78, 5) is 4.06.